The summed E-state index contributed by atoms with van der Waals surface area (Å²) < 4.78 is 0. The number of hydrogen-bond donors (Lipinski definition) is 3. The van der Waals surface area contributed by atoms with Gasteiger partial charge < -0.3 is 16.4 Å². The number of carbonyl (C=O) groups is 2. The first-order chi connectivity index (χ1) is 9.93. The van der Waals surface area contributed by atoms with Gasteiger partial charge in [0.1, 0.15) is 6.04 Å². The first-order valence-electron chi connectivity index (χ1n) is 7.34. The molecule has 2 amide bonds. The first kappa shape index (κ1) is 17.2. The van der Waals surface area contributed by atoms with Gasteiger partial charge in [-0.2, -0.15) is 0 Å². The summed E-state index contributed by atoms with van der Waals surface area (Å²) in [4.78, 5) is 23.9. The molecular weight excluding hydrogens is 266 g/mol. The van der Waals surface area contributed by atoms with Crippen LogP contribution in [0.25, 0.3) is 0 Å². The minimum Gasteiger partial charge on any atom is -0.352 e. The summed E-state index contributed by atoms with van der Waals surface area (Å²) in [5.74, 6) is -0.504. The summed E-state index contributed by atoms with van der Waals surface area (Å²) in [6, 6.07) is 8.41. The van der Waals surface area contributed by atoms with E-state index in [2.05, 4.69) is 10.6 Å². The van der Waals surface area contributed by atoms with Crippen LogP contribution in [0.2, 0.25) is 0 Å². The monoisotopic (exact) mass is 291 g/mol. The fourth-order valence-corrected chi connectivity index (χ4v) is 1.82. The van der Waals surface area contributed by atoms with E-state index in [0.717, 1.165) is 12.0 Å². The smallest absolute Gasteiger partial charge is 0.242 e. The Morgan fingerprint density at radius 2 is 1.71 bits per heavy atom. The van der Waals surface area contributed by atoms with Gasteiger partial charge >= 0.3 is 0 Å². The first-order valence-corrected chi connectivity index (χ1v) is 7.34. The molecule has 21 heavy (non-hydrogen) atoms. The van der Waals surface area contributed by atoms with Gasteiger partial charge in [-0.1, -0.05) is 37.3 Å². The van der Waals surface area contributed by atoms with E-state index in [-0.39, 0.29) is 17.9 Å². The van der Waals surface area contributed by atoms with Gasteiger partial charge in [0.05, 0.1) is 6.04 Å². The van der Waals surface area contributed by atoms with Crippen molar-refractivity contribution in [3.05, 3.63) is 35.9 Å². The summed E-state index contributed by atoms with van der Waals surface area (Å²) in [5, 5.41) is 5.48. The number of nitrogens with one attached hydrogen (secondary N) is 2. The highest BCUT2D eigenvalue weighted by Gasteiger charge is 2.20. The van der Waals surface area contributed by atoms with Crippen molar-refractivity contribution in [2.75, 3.05) is 0 Å². The van der Waals surface area contributed by atoms with E-state index in [1.165, 1.54) is 0 Å². The SMILES string of the molecule is CCC(C)NC(=O)C(C)NC(=O)[C@@H](N)Cc1ccccc1. The summed E-state index contributed by atoms with van der Waals surface area (Å²) in [6.45, 7) is 5.57. The van der Waals surface area contributed by atoms with Crippen LogP contribution in [-0.2, 0) is 16.0 Å². The molecule has 0 fully saturated rings. The number of amides is 2. The quantitative estimate of drug-likeness (QED) is 0.700. The Hall–Kier alpha value is -1.88. The number of nitrogens with two attached hydrogens (primary N) is 1. The summed E-state index contributed by atoms with van der Waals surface area (Å²) in [7, 11) is 0. The Morgan fingerprint density at radius 1 is 1.10 bits per heavy atom. The topological polar surface area (TPSA) is 84.2 Å². The van der Waals surface area contributed by atoms with Crippen LogP contribution in [-0.4, -0.2) is 29.9 Å². The summed E-state index contributed by atoms with van der Waals surface area (Å²) in [5.41, 5.74) is 6.88. The van der Waals surface area contributed by atoms with Gasteiger partial charge in [-0.3, -0.25) is 9.59 Å². The van der Waals surface area contributed by atoms with Gasteiger partial charge in [-0.25, -0.2) is 0 Å². The highest BCUT2D eigenvalue weighted by atomic mass is 16.2. The Kier molecular flexibility index (Phi) is 6.88. The van der Waals surface area contributed by atoms with Crippen LogP contribution in [0, 0.1) is 0 Å². The highest BCUT2D eigenvalue weighted by Crippen LogP contribution is 2.02. The average Bonchev–Trinajstić information content (AvgIpc) is 2.47. The third-order valence-corrected chi connectivity index (χ3v) is 3.39. The van der Waals surface area contributed by atoms with E-state index in [4.69, 9.17) is 5.73 Å². The van der Waals surface area contributed by atoms with E-state index in [9.17, 15) is 9.59 Å². The molecule has 0 spiro atoms. The molecule has 0 aromatic heterocycles. The number of benzene rings is 1. The molecule has 0 radical (unpaired) electrons. The molecule has 0 aliphatic carbocycles. The van der Waals surface area contributed by atoms with Crippen LogP contribution in [0.1, 0.15) is 32.8 Å². The standard InChI is InChI=1S/C16H25N3O2/c1-4-11(2)18-15(20)12(3)19-16(21)14(17)10-13-8-6-5-7-9-13/h5-9,11-12,14H,4,10,17H2,1-3H3,(H,18,20)(H,19,21)/t11?,12?,14-/m0/s1. The normalized spacial score (nSPS) is 14.9. The van der Waals surface area contributed by atoms with E-state index < -0.39 is 12.1 Å². The molecule has 1 aromatic carbocycles. The Morgan fingerprint density at radius 3 is 2.29 bits per heavy atom. The molecule has 2 unspecified atom stereocenters. The molecule has 4 N–H and O–H groups in total. The van der Waals surface area contributed by atoms with Crippen LogP contribution in [0.3, 0.4) is 0 Å². The molecule has 116 valence electrons. The van der Waals surface area contributed by atoms with Gasteiger partial charge in [0.2, 0.25) is 11.8 Å². The zero-order chi connectivity index (χ0) is 15.8. The fraction of sp³-hybridized carbons (Fsp3) is 0.500. The Bertz CT molecular complexity index is 462. The minimum absolute atomic E-state index is 0.0924. The van der Waals surface area contributed by atoms with Crippen LogP contribution >= 0.6 is 0 Å². The second-order valence-corrected chi connectivity index (χ2v) is 5.34. The zero-order valence-corrected chi connectivity index (χ0v) is 12.9. The Labute approximate surface area is 126 Å². The lowest BCUT2D eigenvalue weighted by molar-refractivity contribution is -0.129. The van der Waals surface area contributed by atoms with Gasteiger partial charge in [-0.05, 0) is 32.3 Å². The van der Waals surface area contributed by atoms with Crippen molar-refractivity contribution in [1.29, 1.82) is 0 Å². The average molecular weight is 291 g/mol. The van der Waals surface area contributed by atoms with Crippen LogP contribution in [0.4, 0.5) is 0 Å². The molecule has 0 saturated heterocycles. The number of carbonyl (C=O) groups excluding carboxylic acids is 2. The molecule has 0 aliphatic rings. The molecule has 0 bridgehead atoms. The van der Waals surface area contributed by atoms with Crippen molar-refractivity contribution in [2.24, 2.45) is 5.73 Å². The second kappa shape index (κ2) is 8.42. The maximum absolute atomic E-state index is 12.0. The lowest BCUT2D eigenvalue weighted by Gasteiger charge is -2.19. The van der Waals surface area contributed by atoms with E-state index in [0.29, 0.717) is 6.42 Å². The number of rotatable bonds is 7. The lowest BCUT2D eigenvalue weighted by Crippen LogP contribution is -2.52. The third-order valence-electron chi connectivity index (χ3n) is 3.39. The molecule has 0 aliphatic heterocycles. The van der Waals surface area contributed by atoms with Crippen molar-refractivity contribution >= 4 is 11.8 Å². The summed E-state index contributed by atoms with van der Waals surface area (Å²) in [6.07, 6.45) is 1.30. The van der Waals surface area contributed by atoms with Crippen molar-refractivity contribution < 1.29 is 9.59 Å². The third kappa shape index (κ3) is 5.95. The minimum atomic E-state index is -0.661. The van der Waals surface area contributed by atoms with E-state index in [1.807, 2.05) is 44.2 Å². The van der Waals surface area contributed by atoms with Crippen LogP contribution in [0.5, 0.6) is 0 Å². The maximum atomic E-state index is 12.0. The Balaban J connectivity index is 2.46. The molecule has 0 saturated carbocycles. The van der Waals surface area contributed by atoms with Crippen molar-refractivity contribution in [3.8, 4) is 0 Å². The van der Waals surface area contributed by atoms with Crippen molar-refractivity contribution in [3.63, 3.8) is 0 Å². The predicted molar refractivity (Wildman–Crippen MR) is 83.6 cm³/mol. The molecule has 1 rings (SSSR count). The molecular formula is C16H25N3O2. The van der Waals surface area contributed by atoms with E-state index in [1.54, 1.807) is 6.92 Å². The van der Waals surface area contributed by atoms with Gasteiger partial charge in [0.25, 0.3) is 0 Å². The maximum Gasteiger partial charge on any atom is 0.242 e. The van der Waals surface area contributed by atoms with Crippen molar-refractivity contribution in [1.82, 2.24) is 10.6 Å². The molecule has 5 nitrogen and oxygen atoms in total. The zero-order valence-electron chi connectivity index (χ0n) is 12.9. The van der Waals surface area contributed by atoms with Crippen LogP contribution in [0.15, 0.2) is 30.3 Å². The lowest BCUT2D eigenvalue weighted by atomic mass is 10.1. The van der Waals surface area contributed by atoms with Crippen LogP contribution < -0.4 is 16.4 Å². The summed E-state index contributed by atoms with van der Waals surface area (Å²) >= 11 is 0. The molecule has 3 atom stereocenters. The molecule has 1 aromatic rings. The number of hydrogen-bond acceptors (Lipinski definition) is 3. The second-order valence-electron chi connectivity index (χ2n) is 5.34. The largest absolute Gasteiger partial charge is 0.352 e. The highest BCUT2D eigenvalue weighted by molar-refractivity contribution is 5.89. The predicted octanol–water partition coefficient (Wildman–Crippen LogP) is 0.976. The van der Waals surface area contributed by atoms with Gasteiger partial charge in [0, 0.05) is 6.04 Å². The van der Waals surface area contributed by atoms with Crippen molar-refractivity contribution in [2.45, 2.75) is 51.7 Å². The fourth-order valence-electron chi connectivity index (χ4n) is 1.82. The molecule has 0 heterocycles. The van der Waals surface area contributed by atoms with E-state index >= 15 is 0 Å². The van der Waals surface area contributed by atoms with Gasteiger partial charge in [0.15, 0.2) is 0 Å². The van der Waals surface area contributed by atoms with Gasteiger partial charge in [-0.15, -0.1) is 0 Å². The molecule has 5 heteroatoms.